The van der Waals surface area contributed by atoms with Gasteiger partial charge in [-0.2, -0.15) is 0 Å². The van der Waals surface area contributed by atoms with E-state index in [1.54, 1.807) is 0 Å². The summed E-state index contributed by atoms with van der Waals surface area (Å²) in [4.78, 5) is 7.28. The first kappa shape index (κ1) is 14.8. The van der Waals surface area contributed by atoms with E-state index >= 15 is 0 Å². The predicted octanol–water partition coefficient (Wildman–Crippen LogP) is 2.03. The third kappa shape index (κ3) is 2.29. The Balaban J connectivity index is 1.68. The molecule has 25 heavy (non-hydrogen) atoms. The number of aryl methyl sites for hydroxylation is 1. The summed E-state index contributed by atoms with van der Waals surface area (Å²) >= 11 is 0. The van der Waals surface area contributed by atoms with Gasteiger partial charge in [-0.15, -0.1) is 0 Å². The highest BCUT2D eigenvalue weighted by Crippen LogP contribution is 2.41. The van der Waals surface area contributed by atoms with E-state index in [1.807, 2.05) is 12.1 Å². The number of fused-ring (bicyclic) bond motifs is 4. The average Bonchev–Trinajstić information content (AvgIpc) is 2.63. The van der Waals surface area contributed by atoms with Gasteiger partial charge in [-0.25, -0.2) is 9.57 Å². The third-order valence-electron chi connectivity index (χ3n) is 5.35. The summed E-state index contributed by atoms with van der Waals surface area (Å²) in [7, 11) is 2.08. The number of benzene rings is 2. The summed E-state index contributed by atoms with van der Waals surface area (Å²) in [6, 6.07) is 8.41. The number of ether oxygens (including phenoxy) is 2. The molecule has 0 radical (unpaired) electrons. The van der Waals surface area contributed by atoms with Crippen LogP contribution in [0.1, 0.15) is 18.9 Å². The number of anilines is 1. The molecule has 5 nitrogen and oxygen atoms in total. The summed E-state index contributed by atoms with van der Waals surface area (Å²) < 4.78 is 14.2. The molecular weight excluding hydrogens is 314 g/mol. The molecule has 5 heteroatoms. The fourth-order valence-corrected chi connectivity index (χ4v) is 3.96. The largest absolute Gasteiger partial charge is 0.480 e. The monoisotopic (exact) mass is 336 g/mol. The first-order valence-corrected chi connectivity index (χ1v) is 9.06. The SMILES string of the molecule is CCN1CCCc2cc3c(cc21)Oc1cc2c(cc1=N3)OCC[N+]=2C. The van der Waals surface area contributed by atoms with E-state index < -0.39 is 0 Å². The van der Waals surface area contributed by atoms with Crippen LogP contribution < -0.4 is 29.7 Å². The second-order valence-corrected chi connectivity index (χ2v) is 6.90. The van der Waals surface area contributed by atoms with Crippen molar-refractivity contribution in [2.45, 2.75) is 19.8 Å². The molecule has 0 saturated heterocycles. The maximum absolute atomic E-state index is 6.25. The molecule has 0 atom stereocenters. The Hall–Kier alpha value is -2.56. The number of nitrogens with zero attached hydrogens (tertiary/aromatic N) is 3. The lowest BCUT2D eigenvalue weighted by molar-refractivity contribution is 0.279. The summed E-state index contributed by atoms with van der Waals surface area (Å²) in [5.74, 6) is 2.55. The van der Waals surface area contributed by atoms with Crippen molar-refractivity contribution < 1.29 is 9.47 Å². The summed E-state index contributed by atoms with van der Waals surface area (Å²) in [5, 5.41) is 1.92. The van der Waals surface area contributed by atoms with Crippen LogP contribution in [0.3, 0.4) is 0 Å². The first-order valence-electron chi connectivity index (χ1n) is 9.06. The fraction of sp³-hybridized carbons (Fsp3) is 0.400. The van der Waals surface area contributed by atoms with Crippen LogP contribution in [-0.2, 0) is 6.42 Å². The van der Waals surface area contributed by atoms with Crippen molar-refractivity contribution in [1.29, 1.82) is 0 Å². The van der Waals surface area contributed by atoms with E-state index in [9.17, 15) is 0 Å². The molecular formula is C20H22N3O2+. The van der Waals surface area contributed by atoms with Crippen molar-refractivity contribution in [1.82, 2.24) is 4.58 Å². The molecule has 0 aromatic heterocycles. The normalized spacial score (nSPS) is 17.4. The highest BCUT2D eigenvalue weighted by Gasteiger charge is 2.23. The highest BCUT2D eigenvalue weighted by molar-refractivity contribution is 5.69. The number of hydrogen-bond donors (Lipinski definition) is 0. The van der Waals surface area contributed by atoms with Crippen LogP contribution in [0.25, 0.3) is 0 Å². The van der Waals surface area contributed by atoms with Crippen molar-refractivity contribution >= 4 is 11.4 Å². The molecule has 5 rings (SSSR count). The van der Waals surface area contributed by atoms with Crippen LogP contribution in [0.15, 0.2) is 29.3 Å². The molecule has 2 aromatic rings. The Kier molecular flexibility index (Phi) is 3.23. The lowest BCUT2D eigenvalue weighted by Crippen LogP contribution is -2.37. The zero-order valence-corrected chi connectivity index (χ0v) is 14.7. The van der Waals surface area contributed by atoms with Crippen molar-refractivity contribution in [3.63, 3.8) is 0 Å². The Labute approximate surface area is 146 Å². The topological polar surface area (TPSA) is 37.1 Å². The van der Waals surface area contributed by atoms with Gasteiger partial charge in [0.05, 0.1) is 6.07 Å². The Morgan fingerprint density at radius 3 is 2.96 bits per heavy atom. The van der Waals surface area contributed by atoms with Crippen molar-refractivity contribution in [2.75, 3.05) is 38.2 Å². The quantitative estimate of drug-likeness (QED) is 0.638. The van der Waals surface area contributed by atoms with Crippen LogP contribution in [0.5, 0.6) is 17.2 Å². The van der Waals surface area contributed by atoms with Gasteiger partial charge in [-0.3, -0.25) is 0 Å². The summed E-state index contributed by atoms with van der Waals surface area (Å²) in [5.41, 5.74) is 3.59. The molecule has 3 aliphatic heterocycles. The maximum atomic E-state index is 6.25. The van der Waals surface area contributed by atoms with Gasteiger partial charge in [-0.1, -0.05) is 0 Å². The molecule has 0 bridgehead atoms. The minimum atomic E-state index is 0.708. The number of hydrogen-bond acceptors (Lipinski definition) is 4. The predicted molar refractivity (Wildman–Crippen MR) is 97.1 cm³/mol. The molecule has 0 unspecified atom stereocenters. The minimum Gasteiger partial charge on any atom is -0.480 e. The van der Waals surface area contributed by atoms with Gasteiger partial charge in [0.1, 0.15) is 24.7 Å². The average molecular weight is 336 g/mol. The molecule has 0 aliphatic carbocycles. The van der Waals surface area contributed by atoms with Gasteiger partial charge < -0.3 is 14.4 Å². The summed E-state index contributed by atoms with van der Waals surface area (Å²) in [6.45, 7) is 5.94. The molecule has 0 spiro atoms. The molecule has 3 heterocycles. The standard InChI is InChI=1S/C20H22N3O2/c1-3-23-6-4-5-13-9-14-18(11-16(13)23)25-19-12-17-20(10-15(19)21-14)24-8-7-22(17)2/h9-12H,3-8H2,1-2H3/q+1. The van der Waals surface area contributed by atoms with Crippen LogP contribution in [-0.4, -0.2) is 33.3 Å². The van der Waals surface area contributed by atoms with E-state index in [2.05, 4.69) is 35.6 Å². The maximum Gasteiger partial charge on any atom is 0.246 e. The molecule has 0 amide bonds. The van der Waals surface area contributed by atoms with Gasteiger partial charge in [0.25, 0.3) is 0 Å². The van der Waals surface area contributed by atoms with E-state index in [0.717, 1.165) is 59.7 Å². The third-order valence-corrected chi connectivity index (χ3v) is 5.35. The Bertz CT molecular complexity index is 997. The Morgan fingerprint density at radius 2 is 2.08 bits per heavy atom. The molecule has 3 aliphatic rings. The van der Waals surface area contributed by atoms with Crippen LogP contribution in [0.2, 0.25) is 0 Å². The minimum absolute atomic E-state index is 0.708. The zero-order valence-electron chi connectivity index (χ0n) is 14.7. The first-order chi connectivity index (χ1) is 12.2. The lowest BCUT2D eigenvalue weighted by Gasteiger charge is -2.31. The molecule has 0 fully saturated rings. The summed E-state index contributed by atoms with van der Waals surface area (Å²) in [6.07, 6.45) is 2.31. The van der Waals surface area contributed by atoms with E-state index in [1.165, 1.54) is 17.7 Å². The van der Waals surface area contributed by atoms with Crippen LogP contribution in [0, 0.1) is 0 Å². The van der Waals surface area contributed by atoms with Gasteiger partial charge >= 0.3 is 0 Å². The molecule has 0 N–H and O–H groups in total. The number of likely N-dealkylation sites (N-methyl/N-ethyl adjacent to an activating group) is 1. The van der Waals surface area contributed by atoms with Crippen molar-refractivity contribution in [3.8, 4) is 17.2 Å². The highest BCUT2D eigenvalue weighted by atomic mass is 16.5. The van der Waals surface area contributed by atoms with Crippen LogP contribution in [0.4, 0.5) is 11.4 Å². The van der Waals surface area contributed by atoms with E-state index in [-0.39, 0.29) is 0 Å². The second kappa shape index (κ2) is 5.48. The molecule has 0 saturated carbocycles. The molecule has 2 aromatic carbocycles. The number of rotatable bonds is 1. The van der Waals surface area contributed by atoms with Gasteiger partial charge in [0.2, 0.25) is 5.36 Å². The van der Waals surface area contributed by atoms with Gasteiger partial charge in [-0.05, 0) is 31.4 Å². The fourth-order valence-electron chi connectivity index (χ4n) is 3.96. The van der Waals surface area contributed by atoms with E-state index in [0.29, 0.717) is 6.61 Å². The van der Waals surface area contributed by atoms with Crippen molar-refractivity contribution in [2.24, 2.45) is 4.99 Å². The van der Waals surface area contributed by atoms with Crippen molar-refractivity contribution in [3.05, 3.63) is 40.5 Å². The van der Waals surface area contributed by atoms with Gasteiger partial charge in [0.15, 0.2) is 23.8 Å². The van der Waals surface area contributed by atoms with Crippen LogP contribution >= 0.6 is 0 Å². The zero-order chi connectivity index (χ0) is 17.0. The lowest BCUT2D eigenvalue weighted by atomic mass is 10.00. The van der Waals surface area contributed by atoms with Gasteiger partial charge in [0, 0.05) is 30.9 Å². The Morgan fingerprint density at radius 1 is 1.16 bits per heavy atom. The second-order valence-electron chi connectivity index (χ2n) is 6.90. The smallest absolute Gasteiger partial charge is 0.246 e. The molecule has 128 valence electrons. The van der Waals surface area contributed by atoms with E-state index in [4.69, 9.17) is 14.5 Å².